The van der Waals surface area contributed by atoms with Gasteiger partial charge in [0.25, 0.3) is 0 Å². The molecule has 0 aliphatic heterocycles. The Morgan fingerprint density at radius 1 is 1.89 bits per heavy atom. The monoisotopic (exact) mass is 125 g/mol. The van der Waals surface area contributed by atoms with E-state index in [-0.39, 0.29) is 12.2 Å². The Hall–Kier alpha value is -1.30. The quantitative estimate of drug-likeness (QED) is 0.314. The molecule has 0 aliphatic carbocycles. The molecule has 0 N–H and O–H groups in total. The van der Waals surface area contributed by atoms with E-state index in [1.807, 2.05) is 0 Å². The molecule has 0 aromatic heterocycles. The van der Waals surface area contributed by atoms with Gasteiger partial charge in [-0.05, 0) is 6.58 Å². The van der Waals surface area contributed by atoms with Crippen LogP contribution in [-0.2, 0) is 9.53 Å². The zero-order valence-corrected chi connectivity index (χ0v) is 5.18. The van der Waals surface area contributed by atoms with Gasteiger partial charge in [0.05, 0.1) is 0 Å². The Bertz CT molecular complexity index is 166. The molecular formula is C6H7NO2. The van der Waals surface area contributed by atoms with Gasteiger partial charge in [-0.2, -0.15) is 5.26 Å². The minimum atomic E-state index is -0.429. The number of ether oxygens (including phenoxy) is 1. The first-order chi connectivity index (χ1) is 4.20. The second-order valence-electron chi connectivity index (χ2n) is 1.36. The molecule has 0 amide bonds. The predicted molar refractivity (Wildman–Crippen MR) is 31.1 cm³/mol. The van der Waals surface area contributed by atoms with Crippen LogP contribution in [0.5, 0.6) is 0 Å². The molecule has 9 heavy (non-hydrogen) atoms. The van der Waals surface area contributed by atoms with Crippen LogP contribution in [0.1, 0.15) is 13.3 Å². The third-order valence-electron chi connectivity index (χ3n) is 0.650. The zero-order chi connectivity index (χ0) is 7.28. The lowest BCUT2D eigenvalue weighted by Crippen LogP contribution is -1.99. The van der Waals surface area contributed by atoms with Crippen LogP contribution < -0.4 is 0 Å². The molecule has 0 fully saturated rings. The molecule has 0 spiro atoms. The van der Waals surface area contributed by atoms with E-state index in [4.69, 9.17) is 5.26 Å². The Labute approximate surface area is 53.5 Å². The van der Waals surface area contributed by atoms with Crippen LogP contribution in [0.15, 0.2) is 12.3 Å². The van der Waals surface area contributed by atoms with Crippen molar-refractivity contribution in [3.8, 4) is 6.07 Å². The number of carbonyl (C=O) groups is 1. The molecule has 0 saturated carbocycles. The van der Waals surface area contributed by atoms with Crippen molar-refractivity contribution in [1.82, 2.24) is 0 Å². The van der Waals surface area contributed by atoms with Gasteiger partial charge in [0.15, 0.2) is 5.76 Å². The topological polar surface area (TPSA) is 50.1 Å². The lowest BCUT2D eigenvalue weighted by Gasteiger charge is -1.94. The summed E-state index contributed by atoms with van der Waals surface area (Å²) in [4.78, 5) is 10.3. The maximum atomic E-state index is 10.3. The fourth-order valence-electron chi connectivity index (χ4n) is 0.232. The van der Waals surface area contributed by atoms with Crippen LogP contribution in [0.25, 0.3) is 0 Å². The number of rotatable bonds is 2. The van der Waals surface area contributed by atoms with Gasteiger partial charge in [-0.1, -0.05) is 6.92 Å². The average Bonchev–Trinajstić information content (AvgIpc) is 1.87. The first kappa shape index (κ1) is 7.70. The maximum absolute atomic E-state index is 10.3. The van der Waals surface area contributed by atoms with Crippen LogP contribution in [0, 0.1) is 11.3 Å². The lowest BCUT2D eigenvalue weighted by molar-refractivity contribution is -0.138. The van der Waals surface area contributed by atoms with Crippen molar-refractivity contribution in [3.05, 3.63) is 12.3 Å². The van der Waals surface area contributed by atoms with E-state index in [1.54, 1.807) is 13.0 Å². The van der Waals surface area contributed by atoms with E-state index >= 15 is 0 Å². The fourth-order valence-corrected chi connectivity index (χ4v) is 0.232. The molecule has 0 radical (unpaired) electrons. The average molecular weight is 125 g/mol. The van der Waals surface area contributed by atoms with E-state index in [9.17, 15) is 4.79 Å². The van der Waals surface area contributed by atoms with Gasteiger partial charge in [0.1, 0.15) is 6.07 Å². The largest absolute Gasteiger partial charge is 0.416 e. The smallest absolute Gasteiger partial charge is 0.311 e. The number of hydrogen-bond donors (Lipinski definition) is 0. The highest BCUT2D eigenvalue weighted by atomic mass is 16.5. The van der Waals surface area contributed by atoms with Crippen molar-refractivity contribution in [3.63, 3.8) is 0 Å². The van der Waals surface area contributed by atoms with E-state index < -0.39 is 5.97 Å². The van der Waals surface area contributed by atoms with Gasteiger partial charge in [-0.25, -0.2) is 0 Å². The number of nitrogens with zero attached hydrogens (tertiary/aromatic N) is 1. The molecule has 0 aromatic rings. The second-order valence-corrected chi connectivity index (χ2v) is 1.36. The summed E-state index contributed by atoms with van der Waals surface area (Å²) in [5, 5.41) is 8.05. The van der Waals surface area contributed by atoms with E-state index in [2.05, 4.69) is 11.3 Å². The van der Waals surface area contributed by atoms with Crippen LogP contribution in [0.3, 0.4) is 0 Å². The first-order valence-electron chi connectivity index (χ1n) is 2.50. The Balaban J connectivity index is 3.64. The highest BCUT2D eigenvalue weighted by molar-refractivity contribution is 5.70. The minimum Gasteiger partial charge on any atom is -0.416 e. The number of nitriles is 1. The van der Waals surface area contributed by atoms with Crippen molar-refractivity contribution >= 4 is 5.97 Å². The van der Waals surface area contributed by atoms with Crippen molar-refractivity contribution < 1.29 is 9.53 Å². The summed E-state index contributed by atoms with van der Waals surface area (Å²) >= 11 is 0. The molecule has 0 unspecified atom stereocenters. The molecule has 48 valence electrons. The Morgan fingerprint density at radius 3 is 2.78 bits per heavy atom. The van der Waals surface area contributed by atoms with E-state index in [0.717, 1.165) is 0 Å². The van der Waals surface area contributed by atoms with E-state index in [1.165, 1.54) is 0 Å². The summed E-state index contributed by atoms with van der Waals surface area (Å²) < 4.78 is 4.35. The molecular weight excluding hydrogens is 118 g/mol. The molecule has 0 heterocycles. The van der Waals surface area contributed by atoms with Crippen LogP contribution in [0.2, 0.25) is 0 Å². The molecule has 0 saturated heterocycles. The summed E-state index contributed by atoms with van der Waals surface area (Å²) in [6.45, 7) is 4.80. The summed E-state index contributed by atoms with van der Waals surface area (Å²) in [5.74, 6) is -0.580. The number of esters is 1. The standard InChI is InChI=1S/C6H7NO2/c1-3-6(8)9-5(2)4-7/h2-3H2,1H3. The van der Waals surface area contributed by atoms with Crippen molar-refractivity contribution in [2.24, 2.45) is 0 Å². The van der Waals surface area contributed by atoms with Gasteiger partial charge < -0.3 is 4.74 Å². The van der Waals surface area contributed by atoms with Crippen LogP contribution in [-0.4, -0.2) is 5.97 Å². The van der Waals surface area contributed by atoms with Gasteiger partial charge in [-0.3, -0.25) is 4.79 Å². The minimum absolute atomic E-state index is 0.151. The molecule has 3 nitrogen and oxygen atoms in total. The molecule has 0 atom stereocenters. The summed E-state index contributed by atoms with van der Waals surface area (Å²) in [6, 6.07) is 1.59. The third-order valence-corrected chi connectivity index (χ3v) is 0.650. The number of carbonyl (C=O) groups excluding carboxylic acids is 1. The summed E-state index contributed by atoms with van der Waals surface area (Å²) in [7, 11) is 0. The first-order valence-corrected chi connectivity index (χ1v) is 2.50. The highest BCUT2D eigenvalue weighted by Gasteiger charge is 1.98. The summed E-state index contributed by atoms with van der Waals surface area (Å²) in [6.07, 6.45) is 0.265. The zero-order valence-electron chi connectivity index (χ0n) is 5.18. The molecule has 3 heteroatoms. The van der Waals surface area contributed by atoms with Crippen LogP contribution in [0.4, 0.5) is 0 Å². The van der Waals surface area contributed by atoms with Crippen molar-refractivity contribution in [2.45, 2.75) is 13.3 Å². The number of allylic oxidation sites excluding steroid dienone is 1. The van der Waals surface area contributed by atoms with Crippen molar-refractivity contribution in [2.75, 3.05) is 0 Å². The van der Waals surface area contributed by atoms with E-state index in [0.29, 0.717) is 0 Å². The molecule has 0 bridgehead atoms. The third kappa shape index (κ3) is 3.30. The second kappa shape index (κ2) is 3.67. The Kier molecular flexibility index (Phi) is 3.14. The Morgan fingerprint density at radius 2 is 2.44 bits per heavy atom. The highest BCUT2D eigenvalue weighted by Crippen LogP contribution is 1.92. The van der Waals surface area contributed by atoms with Gasteiger partial charge in [0, 0.05) is 6.42 Å². The van der Waals surface area contributed by atoms with Gasteiger partial charge in [-0.15, -0.1) is 0 Å². The predicted octanol–water partition coefficient (Wildman–Crippen LogP) is 0.977. The molecule has 0 aliphatic rings. The van der Waals surface area contributed by atoms with Gasteiger partial charge in [0.2, 0.25) is 0 Å². The van der Waals surface area contributed by atoms with Gasteiger partial charge >= 0.3 is 5.97 Å². The maximum Gasteiger partial charge on any atom is 0.311 e. The fraction of sp³-hybridized carbons (Fsp3) is 0.333. The van der Waals surface area contributed by atoms with Crippen molar-refractivity contribution in [1.29, 1.82) is 5.26 Å². The molecule has 0 aromatic carbocycles. The summed E-state index contributed by atoms with van der Waals surface area (Å²) in [5.41, 5.74) is 0. The molecule has 0 rings (SSSR count). The van der Waals surface area contributed by atoms with Crippen LogP contribution >= 0.6 is 0 Å². The SMILES string of the molecule is C=C(C#N)OC(=O)CC. The normalized spacial score (nSPS) is 7.56. The number of hydrogen-bond acceptors (Lipinski definition) is 3. The lowest BCUT2D eigenvalue weighted by atomic mass is 10.5.